The van der Waals surface area contributed by atoms with Crippen LogP contribution in [0.1, 0.15) is 69.8 Å². The summed E-state index contributed by atoms with van der Waals surface area (Å²) in [6.07, 6.45) is 3.94. The van der Waals surface area contributed by atoms with Crippen molar-refractivity contribution in [2.45, 2.75) is 65.1 Å². The first-order valence-electron chi connectivity index (χ1n) is 10.8. The lowest BCUT2D eigenvalue weighted by Crippen LogP contribution is -2.17. The Bertz CT molecular complexity index is 662. The zero-order valence-electron chi connectivity index (χ0n) is 19.0. The molecule has 1 aromatic carbocycles. The predicted octanol–water partition coefficient (Wildman–Crippen LogP) is 6.36. The molecule has 170 valence electrons. The summed E-state index contributed by atoms with van der Waals surface area (Å²) in [7, 11) is 0. The fourth-order valence-electron chi connectivity index (χ4n) is 3.25. The van der Waals surface area contributed by atoms with Crippen molar-refractivity contribution in [2.24, 2.45) is 11.3 Å². The van der Waals surface area contributed by atoms with Gasteiger partial charge in [0.25, 0.3) is 0 Å². The molecule has 2 atom stereocenters. The van der Waals surface area contributed by atoms with Crippen LogP contribution in [0.3, 0.4) is 0 Å². The van der Waals surface area contributed by atoms with Crippen LogP contribution in [0, 0.1) is 11.3 Å². The van der Waals surface area contributed by atoms with Gasteiger partial charge in [-0.25, -0.2) is 0 Å². The Hall–Kier alpha value is -1.01. The molecule has 6 heteroatoms. The van der Waals surface area contributed by atoms with Crippen LogP contribution in [0.25, 0.3) is 0 Å². The molecule has 2 unspecified atom stereocenters. The lowest BCUT2D eigenvalue weighted by atomic mass is 9.88. The fraction of sp³-hybridized carbons (Fsp3) is 0.667. The summed E-state index contributed by atoms with van der Waals surface area (Å²) in [5.41, 5.74) is 2.59. The molecule has 0 bridgehead atoms. The Morgan fingerprint density at radius 1 is 1.17 bits per heavy atom. The minimum Gasteiger partial charge on any atom is -0.466 e. The van der Waals surface area contributed by atoms with E-state index in [1.54, 1.807) is 11.8 Å². The summed E-state index contributed by atoms with van der Waals surface area (Å²) in [4.78, 5) is 23.7. The largest absolute Gasteiger partial charge is 0.466 e. The molecule has 0 heterocycles. The van der Waals surface area contributed by atoms with E-state index in [2.05, 4.69) is 54.0 Å². The topological polar surface area (TPSA) is 52.6 Å². The molecule has 0 spiro atoms. The van der Waals surface area contributed by atoms with Gasteiger partial charge < -0.3 is 9.47 Å². The van der Waals surface area contributed by atoms with Crippen molar-refractivity contribution in [3.8, 4) is 0 Å². The third-order valence-electron chi connectivity index (χ3n) is 4.87. The van der Waals surface area contributed by atoms with Crippen LogP contribution in [0.4, 0.5) is 0 Å². The minimum atomic E-state index is -0.138. The van der Waals surface area contributed by atoms with E-state index >= 15 is 0 Å². The van der Waals surface area contributed by atoms with Gasteiger partial charge in [-0.3, -0.25) is 9.59 Å². The second-order valence-electron chi connectivity index (χ2n) is 8.42. The Morgan fingerprint density at radius 3 is 2.53 bits per heavy atom. The molecule has 0 radical (unpaired) electrons. The second-order valence-corrected chi connectivity index (χ2v) is 10.5. The molecular formula is C24H37BrO4S. The standard InChI is InChI=1S/C24H37BrO4S/c1-6-28-22(26)16-30-17-24(4,5)13-9-12-21(25)20-11-8-10-19(15-20)14-18(3)23(27)29-7-2/h8,10-11,15,18,21H,6-7,9,12-14,16-17H2,1-5H3. The first kappa shape index (κ1) is 27.0. The summed E-state index contributed by atoms with van der Waals surface area (Å²) in [5.74, 6) is 0.967. The van der Waals surface area contributed by atoms with Crippen molar-refractivity contribution in [1.82, 2.24) is 0 Å². The van der Waals surface area contributed by atoms with E-state index in [1.165, 1.54) is 5.56 Å². The van der Waals surface area contributed by atoms with Crippen LogP contribution in [0.2, 0.25) is 0 Å². The minimum absolute atomic E-state index is 0.129. The van der Waals surface area contributed by atoms with Crippen molar-refractivity contribution in [1.29, 1.82) is 0 Å². The monoisotopic (exact) mass is 500 g/mol. The normalized spacial score (nSPS) is 13.5. The van der Waals surface area contributed by atoms with E-state index in [9.17, 15) is 9.59 Å². The third-order valence-corrected chi connectivity index (χ3v) is 7.28. The van der Waals surface area contributed by atoms with Gasteiger partial charge in [-0.05, 0) is 55.4 Å². The highest BCUT2D eigenvalue weighted by Crippen LogP contribution is 2.34. The van der Waals surface area contributed by atoms with Gasteiger partial charge in [0, 0.05) is 4.83 Å². The summed E-state index contributed by atoms with van der Waals surface area (Å²) in [6.45, 7) is 11.0. The Labute approximate surface area is 195 Å². The molecule has 0 aromatic heterocycles. The van der Waals surface area contributed by atoms with Crippen LogP contribution < -0.4 is 0 Å². The van der Waals surface area contributed by atoms with E-state index < -0.39 is 0 Å². The number of halogens is 1. The predicted molar refractivity (Wildman–Crippen MR) is 129 cm³/mol. The molecule has 30 heavy (non-hydrogen) atoms. The molecule has 0 saturated heterocycles. The maximum Gasteiger partial charge on any atom is 0.315 e. The number of esters is 2. The lowest BCUT2D eigenvalue weighted by molar-refractivity contribution is -0.147. The number of alkyl halides is 1. The molecule has 0 saturated carbocycles. The maximum absolute atomic E-state index is 11.9. The van der Waals surface area contributed by atoms with Crippen LogP contribution in [-0.4, -0.2) is 36.7 Å². The number of carbonyl (C=O) groups is 2. The highest BCUT2D eigenvalue weighted by atomic mass is 79.9. The second kappa shape index (κ2) is 14.1. The van der Waals surface area contributed by atoms with E-state index in [1.807, 2.05) is 20.8 Å². The summed E-state index contributed by atoms with van der Waals surface area (Å²) >= 11 is 5.49. The number of thioether (sulfide) groups is 1. The van der Waals surface area contributed by atoms with E-state index in [0.717, 1.165) is 30.6 Å². The first-order valence-corrected chi connectivity index (χ1v) is 12.9. The third kappa shape index (κ3) is 10.9. The molecule has 4 nitrogen and oxygen atoms in total. The Balaban J connectivity index is 2.46. The van der Waals surface area contributed by atoms with Crippen molar-refractivity contribution < 1.29 is 19.1 Å². The maximum atomic E-state index is 11.9. The van der Waals surface area contributed by atoms with Crippen LogP contribution in [-0.2, 0) is 25.5 Å². The molecule has 0 amide bonds. The highest BCUT2D eigenvalue weighted by Gasteiger charge is 2.20. The molecular weight excluding hydrogens is 464 g/mol. The average Bonchev–Trinajstić information content (AvgIpc) is 2.68. The molecule has 0 N–H and O–H groups in total. The van der Waals surface area contributed by atoms with Crippen molar-refractivity contribution in [3.05, 3.63) is 35.4 Å². The van der Waals surface area contributed by atoms with Gasteiger partial charge in [0.15, 0.2) is 0 Å². The molecule has 1 aromatic rings. The number of hydrogen-bond donors (Lipinski definition) is 0. The number of benzene rings is 1. The molecule has 0 aliphatic heterocycles. The van der Waals surface area contributed by atoms with Gasteiger partial charge in [-0.1, -0.05) is 67.4 Å². The zero-order chi connectivity index (χ0) is 22.6. The molecule has 0 aliphatic rings. The summed E-state index contributed by atoms with van der Waals surface area (Å²) in [6, 6.07) is 8.46. The quantitative estimate of drug-likeness (QED) is 0.219. The van der Waals surface area contributed by atoms with E-state index in [4.69, 9.17) is 9.47 Å². The van der Waals surface area contributed by atoms with Crippen LogP contribution in [0.15, 0.2) is 24.3 Å². The lowest BCUT2D eigenvalue weighted by Gasteiger charge is -2.24. The van der Waals surface area contributed by atoms with Crippen molar-refractivity contribution in [3.63, 3.8) is 0 Å². The fourth-order valence-corrected chi connectivity index (χ4v) is 4.91. The number of rotatable bonds is 14. The zero-order valence-corrected chi connectivity index (χ0v) is 21.4. The highest BCUT2D eigenvalue weighted by molar-refractivity contribution is 9.09. The molecule has 0 aliphatic carbocycles. The number of carbonyl (C=O) groups excluding carboxylic acids is 2. The Kier molecular flexibility index (Phi) is 12.7. The average molecular weight is 502 g/mol. The van der Waals surface area contributed by atoms with E-state index in [-0.39, 0.29) is 23.3 Å². The van der Waals surface area contributed by atoms with Gasteiger partial charge in [-0.15, -0.1) is 11.8 Å². The van der Waals surface area contributed by atoms with Gasteiger partial charge in [0.1, 0.15) is 0 Å². The molecule has 1 rings (SSSR count). The van der Waals surface area contributed by atoms with E-state index in [0.29, 0.717) is 30.2 Å². The summed E-state index contributed by atoms with van der Waals surface area (Å²) < 4.78 is 10.1. The summed E-state index contributed by atoms with van der Waals surface area (Å²) in [5, 5.41) is 0. The van der Waals surface area contributed by atoms with Crippen molar-refractivity contribution in [2.75, 3.05) is 24.7 Å². The number of ether oxygens (including phenoxy) is 2. The van der Waals surface area contributed by atoms with Gasteiger partial charge >= 0.3 is 11.9 Å². The smallest absolute Gasteiger partial charge is 0.315 e. The van der Waals surface area contributed by atoms with Gasteiger partial charge in [-0.2, -0.15) is 0 Å². The Morgan fingerprint density at radius 2 is 1.87 bits per heavy atom. The number of hydrogen-bond acceptors (Lipinski definition) is 5. The SMILES string of the molecule is CCOC(=O)CSCC(C)(C)CCCC(Br)c1cccc(CC(C)C(=O)OCC)c1. The van der Waals surface area contributed by atoms with Gasteiger partial charge in [0.05, 0.1) is 24.9 Å². The van der Waals surface area contributed by atoms with Gasteiger partial charge in [0.2, 0.25) is 0 Å². The van der Waals surface area contributed by atoms with Crippen LogP contribution in [0.5, 0.6) is 0 Å². The first-order chi connectivity index (χ1) is 14.2. The van der Waals surface area contributed by atoms with Crippen LogP contribution >= 0.6 is 27.7 Å². The molecule has 0 fully saturated rings. The van der Waals surface area contributed by atoms with Crippen molar-refractivity contribution >= 4 is 39.6 Å².